The maximum atomic E-state index is 11.9. The van der Waals surface area contributed by atoms with Crippen LogP contribution in [0.4, 0.5) is 5.69 Å². The molecule has 0 spiro atoms. The summed E-state index contributed by atoms with van der Waals surface area (Å²) in [5, 5.41) is 6.46. The monoisotopic (exact) mass is 246 g/mol. The Morgan fingerprint density at radius 3 is 3.00 bits per heavy atom. The van der Waals surface area contributed by atoms with E-state index in [4.69, 9.17) is 5.73 Å². The van der Waals surface area contributed by atoms with Gasteiger partial charge in [-0.05, 0) is 30.7 Å². The van der Waals surface area contributed by atoms with Crippen LogP contribution in [0.1, 0.15) is 21.7 Å². The lowest BCUT2D eigenvalue weighted by Gasteiger charge is -2.07. The van der Waals surface area contributed by atoms with Crippen molar-refractivity contribution < 1.29 is 9.32 Å². The van der Waals surface area contributed by atoms with Crippen LogP contribution in [0.2, 0.25) is 0 Å². The molecule has 6 heteroatoms. The van der Waals surface area contributed by atoms with E-state index < -0.39 is 0 Å². The van der Waals surface area contributed by atoms with Crippen molar-refractivity contribution in [2.75, 3.05) is 12.3 Å². The summed E-state index contributed by atoms with van der Waals surface area (Å²) in [5.74, 6) is 0.445. The minimum atomic E-state index is -0.129. The number of nitrogens with one attached hydrogen (secondary N) is 1. The molecule has 1 heterocycles. The van der Waals surface area contributed by atoms with Crippen LogP contribution in [0.25, 0.3) is 0 Å². The van der Waals surface area contributed by atoms with Crippen LogP contribution in [0, 0.1) is 6.92 Å². The molecule has 94 valence electrons. The SMILES string of the molecule is Cc1cc(N)ccc1C(=O)NCCc1ncon1. The van der Waals surface area contributed by atoms with Crippen LogP contribution in [-0.2, 0) is 6.42 Å². The minimum Gasteiger partial charge on any atom is -0.399 e. The van der Waals surface area contributed by atoms with E-state index in [2.05, 4.69) is 20.0 Å². The van der Waals surface area contributed by atoms with Gasteiger partial charge in [-0.3, -0.25) is 4.79 Å². The highest BCUT2D eigenvalue weighted by Gasteiger charge is 2.08. The van der Waals surface area contributed by atoms with E-state index in [0.29, 0.717) is 30.0 Å². The van der Waals surface area contributed by atoms with Gasteiger partial charge in [0.1, 0.15) is 0 Å². The molecule has 1 aromatic heterocycles. The zero-order chi connectivity index (χ0) is 13.0. The maximum Gasteiger partial charge on any atom is 0.251 e. The Kier molecular flexibility index (Phi) is 3.57. The normalized spacial score (nSPS) is 10.3. The van der Waals surface area contributed by atoms with Gasteiger partial charge in [0.2, 0.25) is 6.39 Å². The molecule has 0 aliphatic carbocycles. The van der Waals surface area contributed by atoms with Gasteiger partial charge in [-0.25, -0.2) is 0 Å². The summed E-state index contributed by atoms with van der Waals surface area (Å²) in [6.45, 7) is 2.31. The van der Waals surface area contributed by atoms with E-state index in [1.807, 2.05) is 6.92 Å². The molecule has 1 amide bonds. The number of nitrogens with zero attached hydrogens (tertiary/aromatic N) is 2. The third kappa shape index (κ3) is 2.85. The van der Waals surface area contributed by atoms with Crippen molar-refractivity contribution in [2.24, 2.45) is 0 Å². The van der Waals surface area contributed by atoms with Crippen molar-refractivity contribution in [1.82, 2.24) is 15.5 Å². The standard InChI is InChI=1S/C12H14N4O2/c1-8-6-9(13)2-3-10(8)12(17)14-5-4-11-15-7-18-16-11/h2-3,6-7H,4-5,13H2,1H3,(H,14,17). The second kappa shape index (κ2) is 5.31. The molecule has 0 unspecified atom stereocenters. The lowest BCUT2D eigenvalue weighted by atomic mass is 10.1. The molecule has 0 aliphatic rings. The molecule has 0 bridgehead atoms. The average molecular weight is 246 g/mol. The van der Waals surface area contributed by atoms with Gasteiger partial charge in [-0.1, -0.05) is 5.16 Å². The molecule has 0 saturated carbocycles. The van der Waals surface area contributed by atoms with Crippen molar-refractivity contribution in [3.63, 3.8) is 0 Å². The zero-order valence-corrected chi connectivity index (χ0v) is 10.0. The summed E-state index contributed by atoms with van der Waals surface area (Å²) < 4.78 is 4.60. The van der Waals surface area contributed by atoms with E-state index in [9.17, 15) is 4.79 Å². The van der Waals surface area contributed by atoms with Crippen molar-refractivity contribution >= 4 is 11.6 Å². The second-order valence-electron chi connectivity index (χ2n) is 3.93. The molecular formula is C12H14N4O2. The van der Waals surface area contributed by atoms with Crippen LogP contribution in [0.5, 0.6) is 0 Å². The van der Waals surface area contributed by atoms with Gasteiger partial charge in [0.25, 0.3) is 5.91 Å². The molecule has 0 atom stereocenters. The Hall–Kier alpha value is -2.37. The Bertz CT molecular complexity index is 537. The number of hydrogen-bond donors (Lipinski definition) is 2. The average Bonchev–Trinajstić information content (AvgIpc) is 2.81. The third-order valence-corrected chi connectivity index (χ3v) is 2.54. The molecule has 2 aromatic rings. The van der Waals surface area contributed by atoms with Crippen LogP contribution < -0.4 is 11.1 Å². The van der Waals surface area contributed by atoms with E-state index in [-0.39, 0.29) is 5.91 Å². The first-order chi connectivity index (χ1) is 8.66. The number of nitrogens with two attached hydrogens (primary N) is 1. The van der Waals surface area contributed by atoms with Crippen LogP contribution in [-0.4, -0.2) is 22.6 Å². The van der Waals surface area contributed by atoms with Gasteiger partial charge in [-0.2, -0.15) is 4.98 Å². The fourth-order valence-corrected chi connectivity index (χ4v) is 1.63. The number of carbonyl (C=O) groups is 1. The number of rotatable bonds is 4. The smallest absolute Gasteiger partial charge is 0.251 e. The molecule has 0 aliphatic heterocycles. The van der Waals surface area contributed by atoms with Crippen LogP contribution in [0.3, 0.4) is 0 Å². The first-order valence-corrected chi connectivity index (χ1v) is 5.56. The Morgan fingerprint density at radius 1 is 1.50 bits per heavy atom. The molecule has 3 N–H and O–H groups in total. The molecule has 0 saturated heterocycles. The van der Waals surface area contributed by atoms with Crippen molar-refractivity contribution in [1.29, 1.82) is 0 Å². The van der Waals surface area contributed by atoms with E-state index in [0.717, 1.165) is 5.56 Å². The Balaban J connectivity index is 1.91. The van der Waals surface area contributed by atoms with Gasteiger partial charge in [0.05, 0.1) is 0 Å². The van der Waals surface area contributed by atoms with Crippen LogP contribution >= 0.6 is 0 Å². The van der Waals surface area contributed by atoms with Gasteiger partial charge in [0.15, 0.2) is 5.82 Å². The molecule has 1 aromatic carbocycles. The number of aromatic nitrogens is 2. The number of anilines is 1. The number of amides is 1. The quantitative estimate of drug-likeness (QED) is 0.783. The predicted octanol–water partition coefficient (Wildman–Crippen LogP) is 0.933. The lowest BCUT2D eigenvalue weighted by molar-refractivity contribution is 0.0953. The van der Waals surface area contributed by atoms with Gasteiger partial charge in [-0.15, -0.1) is 0 Å². The molecule has 0 fully saturated rings. The summed E-state index contributed by atoms with van der Waals surface area (Å²) in [5.41, 5.74) is 7.76. The van der Waals surface area contributed by atoms with E-state index in [1.165, 1.54) is 6.39 Å². The maximum absolute atomic E-state index is 11.9. The first-order valence-electron chi connectivity index (χ1n) is 5.56. The van der Waals surface area contributed by atoms with E-state index in [1.54, 1.807) is 18.2 Å². The zero-order valence-electron chi connectivity index (χ0n) is 10.0. The molecule has 2 rings (SSSR count). The topological polar surface area (TPSA) is 94.0 Å². The third-order valence-electron chi connectivity index (χ3n) is 2.54. The summed E-state index contributed by atoms with van der Waals surface area (Å²) in [6, 6.07) is 5.20. The fourth-order valence-electron chi connectivity index (χ4n) is 1.63. The highest BCUT2D eigenvalue weighted by molar-refractivity contribution is 5.95. The number of nitrogen functional groups attached to an aromatic ring is 1. The predicted molar refractivity (Wildman–Crippen MR) is 65.9 cm³/mol. The largest absolute Gasteiger partial charge is 0.399 e. The van der Waals surface area contributed by atoms with Crippen molar-refractivity contribution in [3.05, 3.63) is 41.5 Å². The minimum absolute atomic E-state index is 0.129. The first kappa shape index (κ1) is 12.1. The van der Waals surface area contributed by atoms with Crippen LogP contribution in [0.15, 0.2) is 29.1 Å². The van der Waals surface area contributed by atoms with E-state index >= 15 is 0 Å². The molecule has 6 nitrogen and oxygen atoms in total. The highest BCUT2D eigenvalue weighted by Crippen LogP contribution is 2.12. The van der Waals surface area contributed by atoms with Gasteiger partial charge < -0.3 is 15.6 Å². The Labute approximate surface area is 104 Å². The summed E-state index contributed by atoms with van der Waals surface area (Å²) >= 11 is 0. The molecule has 18 heavy (non-hydrogen) atoms. The lowest BCUT2D eigenvalue weighted by Crippen LogP contribution is -2.26. The number of hydrogen-bond acceptors (Lipinski definition) is 5. The number of aryl methyl sites for hydroxylation is 1. The summed E-state index contributed by atoms with van der Waals surface area (Å²) in [4.78, 5) is 15.8. The molecule has 0 radical (unpaired) electrons. The van der Waals surface area contributed by atoms with Gasteiger partial charge in [0, 0.05) is 24.2 Å². The summed E-state index contributed by atoms with van der Waals surface area (Å²) in [7, 11) is 0. The van der Waals surface area contributed by atoms with Crippen molar-refractivity contribution in [3.8, 4) is 0 Å². The highest BCUT2D eigenvalue weighted by atomic mass is 16.5. The van der Waals surface area contributed by atoms with Crippen molar-refractivity contribution in [2.45, 2.75) is 13.3 Å². The number of carbonyl (C=O) groups excluding carboxylic acids is 1. The number of benzene rings is 1. The second-order valence-corrected chi connectivity index (χ2v) is 3.93. The summed E-state index contributed by atoms with van der Waals surface area (Å²) in [6.07, 6.45) is 1.80. The fraction of sp³-hybridized carbons (Fsp3) is 0.250. The Morgan fingerprint density at radius 2 is 2.33 bits per heavy atom. The molecular weight excluding hydrogens is 232 g/mol. The van der Waals surface area contributed by atoms with Gasteiger partial charge >= 0.3 is 0 Å².